The van der Waals surface area contributed by atoms with E-state index in [9.17, 15) is 5.11 Å². The van der Waals surface area contributed by atoms with Crippen LogP contribution < -0.4 is 5.32 Å². The molecule has 4 nitrogen and oxygen atoms in total. The monoisotopic (exact) mass is 245 g/mol. The highest BCUT2D eigenvalue weighted by Crippen LogP contribution is 2.21. The zero-order valence-corrected chi connectivity index (χ0v) is 11.4. The van der Waals surface area contributed by atoms with Gasteiger partial charge < -0.3 is 19.9 Å². The van der Waals surface area contributed by atoms with Crippen LogP contribution >= 0.6 is 0 Å². The third-order valence-corrected chi connectivity index (χ3v) is 3.60. The second kappa shape index (κ2) is 7.31. The molecule has 0 heterocycles. The molecule has 1 rings (SSSR count). The lowest BCUT2D eigenvalue weighted by molar-refractivity contribution is 0.00361. The van der Waals surface area contributed by atoms with Gasteiger partial charge in [0, 0.05) is 39.8 Å². The number of hydrogen-bond donors (Lipinski definition) is 2. The summed E-state index contributed by atoms with van der Waals surface area (Å²) >= 11 is 0. The van der Waals surface area contributed by atoms with Crippen molar-refractivity contribution in [3.8, 4) is 0 Å². The number of hydrogen-bond acceptors (Lipinski definition) is 4. The van der Waals surface area contributed by atoms with Gasteiger partial charge in [-0.2, -0.15) is 0 Å². The summed E-state index contributed by atoms with van der Waals surface area (Å²) in [5.41, 5.74) is -0.703. The standard InChI is InChI=1S/C13H27NO3/c1-13(15,8-9-16-2)10-14-11-6-4-5-7-12(11)17-3/h11-12,14-15H,4-10H2,1-3H3. The molecule has 0 radical (unpaired) electrons. The molecule has 0 aromatic heterocycles. The van der Waals surface area contributed by atoms with Crippen molar-refractivity contribution in [1.29, 1.82) is 0 Å². The van der Waals surface area contributed by atoms with Crippen LogP contribution in [-0.4, -0.2) is 50.2 Å². The molecule has 0 spiro atoms. The van der Waals surface area contributed by atoms with Gasteiger partial charge in [0.2, 0.25) is 0 Å². The SMILES string of the molecule is COCCC(C)(O)CNC1CCCCC1OC. The summed E-state index contributed by atoms with van der Waals surface area (Å²) in [5, 5.41) is 13.6. The van der Waals surface area contributed by atoms with Crippen molar-refractivity contribution < 1.29 is 14.6 Å². The summed E-state index contributed by atoms with van der Waals surface area (Å²) in [4.78, 5) is 0. The number of nitrogens with one attached hydrogen (secondary N) is 1. The number of aliphatic hydroxyl groups is 1. The quantitative estimate of drug-likeness (QED) is 0.710. The molecule has 17 heavy (non-hydrogen) atoms. The lowest BCUT2D eigenvalue weighted by Crippen LogP contribution is -2.49. The van der Waals surface area contributed by atoms with Crippen LogP contribution in [0.25, 0.3) is 0 Å². The Kier molecular flexibility index (Phi) is 6.41. The minimum atomic E-state index is -0.703. The van der Waals surface area contributed by atoms with Crippen LogP contribution in [0.2, 0.25) is 0 Å². The zero-order chi connectivity index (χ0) is 12.7. The van der Waals surface area contributed by atoms with Gasteiger partial charge in [0.1, 0.15) is 0 Å². The molecule has 0 bridgehead atoms. The third-order valence-electron chi connectivity index (χ3n) is 3.60. The van der Waals surface area contributed by atoms with E-state index in [1.54, 1.807) is 14.2 Å². The fraction of sp³-hybridized carbons (Fsp3) is 1.00. The van der Waals surface area contributed by atoms with Gasteiger partial charge in [-0.25, -0.2) is 0 Å². The maximum absolute atomic E-state index is 10.2. The van der Waals surface area contributed by atoms with Gasteiger partial charge in [-0.15, -0.1) is 0 Å². The van der Waals surface area contributed by atoms with Gasteiger partial charge in [0.15, 0.2) is 0 Å². The molecule has 0 saturated heterocycles. The van der Waals surface area contributed by atoms with E-state index in [4.69, 9.17) is 9.47 Å². The molecule has 0 aromatic rings. The molecule has 102 valence electrons. The molecular weight excluding hydrogens is 218 g/mol. The normalized spacial score (nSPS) is 28.9. The molecule has 1 fully saturated rings. The molecule has 3 atom stereocenters. The van der Waals surface area contributed by atoms with Crippen molar-refractivity contribution in [2.24, 2.45) is 0 Å². The Morgan fingerprint density at radius 3 is 2.65 bits per heavy atom. The molecule has 2 N–H and O–H groups in total. The average molecular weight is 245 g/mol. The van der Waals surface area contributed by atoms with Crippen LogP contribution in [0.1, 0.15) is 39.0 Å². The van der Waals surface area contributed by atoms with Gasteiger partial charge in [-0.3, -0.25) is 0 Å². The van der Waals surface area contributed by atoms with Crippen LogP contribution in [-0.2, 0) is 9.47 Å². The van der Waals surface area contributed by atoms with Crippen molar-refractivity contribution in [3.05, 3.63) is 0 Å². The maximum Gasteiger partial charge on any atom is 0.0765 e. The van der Waals surface area contributed by atoms with E-state index in [0.717, 1.165) is 12.8 Å². The van der Waals surface area contributed by atoms with Crippen LogP contribution in [0, 0.1) is 0 Å². The van der Waals surface area contributed by atoms with Crippen LogP contribution in [0.3, 0.4) is 0 Å². The van der Waals surface area contributed by atoms with Gasteiger partial charge in [-0.05, 0) is 19.8 Å². The third kappa shape index (κ3) is 5.34. The van der Waals surface area contributed by atoms with Gasteiger partial charge in [-0.1, -0.05) is 12.8 Å². The zero-order valence-electron chi connectivity index (χ0n) is 11.4. The molecule has 0 aromatic carbocycles. The first-order chi connectivity index (χ1) is 8.09. The Hall–Kier alpha value is -0.160. The minimum Gasteiger partial charge on any atom is -0.389 e. The number of methoxy groups -OCH3 is 2. The van der Waals surface area contributed by atoms with Crippen molar-refractivity contribution in [1.82, 2.24) is 5.32 Å². The predicted octanol–water partition coefficient (Wildman–Crippen LogP) is 1.32. The fourth-order valence-electron chi connectivity index (χ4n) is 2.37. The lowest BCUT2D eigenvalue weighted by Gasteiger charge is -2.34. The Balaban J connectivity index is 2.32. The van der Waals surface area contributed by atoms with E-state index in [2.05, 4.69) is 5.32 Å². The van der Waals surface area contributed by atoms with Crippen molar-refractivity contribution in [2.75, 3.05) is 27.4 Å². The molecule has 1 saturated carbocycles. The van der Waals surface area contributed by atoms with Crippen molar-refractivity contribution >= 4 is 0 Å². The van der Waals surface area contributed by atoms with Crippen LogP contribution in [0.15, 0.2) is 0 Å². The minimum absolute atomic E-state index is 0.293. The number of rotatable bonds is 7. The van der Waals surface area contributed by atoms with E-state index >= 15 is 0 Å². The first-order valence-electron chi connectivity index (χ1n) is 6.56. The van der Waals surface area contributed by atoms with E-state index in [0.29, 0.717) is 31.7 Å². The average Bonchev–Trinajstić information content (AvgIpc) is 2.34. The van der Waals surface area contributed by atoms with E-state index < -0.39 is 5.60 Å². The summed E-state index contributed by atoms with van der Waals surface area (Å²) in [6.07, 6.45) is 5.70. The fourth-order valence-corrected chi connectivity index (χ4v) is 2.37. The molecule has 1 aliphatic carbocycles. The molecule has 4 heteroatoms. The molecule has 0 aliphatic heterocycles. The highest BCUT2D eigenvalue weighted by Gasteiger charge is 2.27. The highest BCUT2D eigenvalue weighted by atomic mass is 16.5. The molecule has 3 unspecified atom stereocenters. The summed E-state index contributed by atoms with van der Waals surface area (Å²) in [5.74, 6) is 0. The second-order valence-electron chi connectivity index (χ2n) is 5.29. The highest BCUT2D eigenvalue weighted by molar-refractivity contribution is 4.85. The van der Waals surface area contributed by atoms with Gasteiger partial charge in [0.05, 0.1) is 11.7 Å². The second-order valence-corrected chi connectivity index (χ2v) is 5.29. The number of ether oxygens (including phenoxy) is 2. The van der Waals surface area contributed by atoms with E-state index in [-0.39, 0.29) is 0 Å². The maximum atomic E-state index is 10.2. The summed E-state index contributed by atoms with van der Waals surface area (Å²) in [6.45, 7) is 3.04. The Morgan fingerprint density at radius 2 is 2.00 bits per heavy atom. The van der Waals surface area contributed by atoms with Crippen LogP contribution in [0.4, 0.5) is 0 Å². The van der Waals surface area contributed by atoms with Crippen LogP contribution in [0.5, 0.6) is 0 Å². The van der Waals surface area contributed by atoms with E-state index in [1.807, 2.05) is 6.92 Å². The van der Waals surface area contributed by atoms with Crippen molar-refractivity contribution in [3.63, 3.8) is 0 Å². The topological polar surface area (TPSA) is 50.7 Å². The van der Waals surface area contributed by atoms with E-state index in [1.165, 1.54) is 12.8 Å². The Morgan fingerprint density at radius 1 is 1.29 bits per heavy atom. The summed E-state index contributed by atoms with van der Waals surface area (Å²) < 4.78 is 10.5. The largest absolute Gasteiger partial charge is 0.389 e. The summed E-state index contributed by atoms with van der Waals surface area (Å²) in [7, 11) is 3.43. The van der Waals surface area contributed by atoms with Gasteiger partial charge in [0.25, 0.3) is 0 Å². The lowest BCUT2D eigenvalue weighted by atomic mass is 9.91. The molecule has 1 aliphatic rings. The van der Waals surface area contributed by atoms with Crippen molar-refractivity contribution in [2.45, 2.75) is 56.8 Å². The first kappa shape index (κ1) is 14.9. The predicted molar refractivity (Wildman–Crippen MR) is 68.2 cm³/mol. The molecule has 0 amide bonds. The smallest absolute Gasteiger partial charge is 0.0765 e. The Labute approximate surface area is 105 Å². The molecular formula is C13H27NO3. The first-order valence-corrected chi connectivity index (χ1v) is 6.56. The van der Waals surface area contributed by atoms with Gasteiger partial charge >= 0.3 is 0 Å². The Bertz CT molecular complexity index is 209. The summed E-state index contributed by atoms with van der Waals surface area (Å²) in [6, 6.07) is 0.378.